The van der Waals surface area contributed by atoms with E-state index >= 15 is 0 Å². The van der Waals surface area contributed by atoms with Gasteiger partial charge in [0.15, 0.2) is 0 Å². The highest BCUT2D eigenvalue weighted by atomic mass is 32.2. The summed E-state index contributed by atoms with van der Waals surface area (Å²) in [4.78, 5) is 1.35. The molecule has 2 N–H and O–H groups in total. The fraction of sp³-hybridized carbons (Fsp3) is 0.625. The van der Waals surface area contributed by atoms with E-state index in [4.69, 9.17) is 5.73 Å². The number of fused-ring (bicyclic) bond motifs is 2. The molecule has 0 radical (unpaired) electrons. The number of hydrogen-bond donors (Lipinski definition) is 1. The molecule has 1 nitrogen and oxygen atoms in total. The molecule has 0 aromatic heterocycles. The van der Waals surface area contributed by atoms with E-state index < -0.39 is 0 Å². The van der Waals surface area contributed by atoms with Gasteiger partial charge in [0, 0.05) is 10.9 Å². The van der Waals surface area contributed by atoms with Gasteiger partial charge in [-0.2, -0.15) is 0 Å². The molecule has 2 aliphatic rings. The molecule has 4 unspecified atom stereocenters. The van der Waals surface area contributed by atoms with Crippen molar-refractivity contribution in [2.24, 2.45) is 23.5 Å². The van der Waals surface area contributed by atoms with Gasteiger partial charge in [-0.1, -0.05) is 24.6 Å². The van der Waals surface area contributed by atoms with Crippen molar-refractivity contribution in [3.8, 4) is 0 Å². The van der Waals surface area contributed by atoms with Gasteiger partial charge < -0.3 is 5.73 Å². The van der Waals surface area contributed by atoms with E-state index in [1.54, 1.807) is 0 Å². The minimum absolute atomic E-state index is 0.234. The first-order valence-electron chi connectivity index (χ1n) is 7.16. The Labute approximate surface area is 115 Å². The molecule has 2 fully saturated rings. The summed E-state index contributed by atoms with van der Waals surface area (Å²) in [7, 11) is 0. The van der Waals surface area contributed by atoms with Crippen molar-refractivity contribution < 1.29 is 0 Å². The van der Waals surface area contributed by atoms with Gasteiger partial charge in [-0.05, 0) is 61.3 Å². The van der Waals surface area contributed by atoms with Crippen LogP contribution in [0, 0.1) is 17.8 Å². The predicted molar refractivity (Wildman–Crippen MR) is 78.7 cm³/mol. The van der Waals surface area contributed by atoms with Crippen LogP contribution in [-0.4, -0.2) is 6.26 Å². The molecule has 2 heteroatoms. The van der Waals surface area contributed by atoms with Crippen LogP contribution < -0.4 is 5.73 Å². The normalized spacial score (nSPS) is 31.8. The van der Waals surface area contributed by atoms with Crippen molar-refractivity contribution in [3.63, 3.8) is 0 Å². The van der Waals surface area contributed by atoms with Crippen LogP contribution >= 0.6 is 11.8 Å². The molecule has 4 atom stereocenters. The van der Waals surface area contributed by atoms with E-state index in [1.165, 1.54) is 42.6 Å². The molecule has 0 aliphatic heterocycles. The van der Waals surface area contributed by atoms with Crippen LogP contribution in [0.3, 0.4) is 0 Å². The molecule has 1 aromatic rings. The molecular formula is C16H23NS. The van der Waals surface area contributed by atoms with Crippen molar-refractivity contribution >= 4 is 11.8 Å². The van der Waals surface area contributed by atoms with Crippen LogP contribution in [0.2, 0.25) is 0 Å². The molecule has 3 rings (SSSR count). The van der Waals surface area contributed by atoms with Gasteiger partial charge in [0.25, 0.3) is 0 Å². The van der Waals surface area contributed by atoms with Crippen molar-refractivity contribution in [1.29, 1.82) is 0 Å². The Morgan fingerprint density at radius 1 is 1.28 bits per heavy atom. The lowest BCUT2D eigenvalue weighted by molar-refractivity contribution is 0.295. The SMILES string of the molecule is CSc1ccccc1C(N)CC1CC2CCC1C2. The highest BCUT2D eigenvalue weighted by Gasteiger charge is 2.39. The average Bonchev–Trinajstić information content (AvgIpc) is 3.01. The monoisotopic (exact) mass is 261 g/mol. The summed E-state index contributed by atoms with van der Waals surface area (Å²) in [6.45, 7) is 0. The van der Waals surface area contributed by atoms with Gasteiger partial charge in [-0.15, -0.1) is 11.8 Å². The fourth-order valence-electron chi connectivity index (χ4n) is 4.09. The third kappa shape index (κ3) is 2.33. The summed E-state index contributed by atoms with van der Waals surface area (Å²) in [6, 6.07) is 8.87. The maximum absolute atomic E-state index is 6.47. The summed E-state index contributed by atoms with van der Waals surface area (Å²) in [5, 5.41) is 0. The van der Waals surface area contributed by atoms with Gasteiger partial charge in [0.05, 0.1) is 0 Å². The third-order valence-electron chi connectivity index (χ3n) is 4.98. The van der Waals surface area contributed by atoms with E-state index in [0.29, 0.717) is 0 Å². The summed E-state index contributed by atoms with van der Waals surface area (Å²) >= 11 is 1.82. The molecule has 2 bridgehead atoms. The standard InChI is InChI=1S/C16H23NS/c1-18-16-5-3-2-4-14(16)15(17)10-13-9-11-6-7-12(13)8-11/h2-5,11-13,15H,6-10,17H2,1H3. The number of benzene rings is 1. The third-order valence-corrected chi connectivity index (χ3v) is 5.79. The van der Waals surface area contributed by atoms with Crippen LogP contribution in [0.5, 0.6) is 0 Å². The van der Waals surface area contributed by atoms with Crippen LogP contribution in [0.1, 0.15) is 43.7 Å². The Morgan fingerprint density at radius 3 is 2.78 bits per heavy atom. The van der Waals surface area contributed by atoms with Gasteiger partial charge in [-0.3, -0.25) is 0 Å². The van der Waals surface area contributed by atoms with Crippen LogP contribution in [0.15, 0.2) is 29.2 Å². The molecule has 0 saturated heterocycles. The Kier molecular flexibility index (Phi) is 3.67. The lowest BCUT2D eigenvalue weighted by atomic mass is 9.83. The second-order valence-electron chi connectivity index (χ2n) is 6.02. The van der Waals surface area contributed by atoms with E-state index in [0.717, 1.165) is 17.8 Å². The fourth-order valence-corrected chi connectivity index (χ4v) is 4.76. The molecular weight excluding hydrogens is 238 g/mol. The second-order valence-corrected chi connectivity index (χ2v) is 6.87. The Bertz CT molecular complexity index is 417. The maximum atomic E-state index is 6.47. The lowest BCUT2D eigenvalue weighted by Crippen LogP contribution is -2.20. The lowest BCUT2D eigenvalue weighted by Gasteiger charge is -2.25. The van der Waals surface area contributed by atoms with Gasteiger partial charge in [0.2, 0.25) is 0 Å². The zero-order chi connectivity index (χ0) is 12.5. The summed E-state index contributed by atoms with van der Waals surface area (Å²) < 4.78 is 0. The summed E-state index contributed by atoms with van der Waals surface area (Å²) in [5.41, 5.74) is 7.82. The van der Waals surface area contributed by atoms with Gasteiger partial charge in [-0.25, -0.2) is 0 Å². The first-order chi connectivity index (χ1) is 8.78. The number of nitrogens with two attached hydrogens (primary N) is 1. The molecule has 1 aromatic carbocycles. The van der Waals surface area contributed by atoms with E-state index in [2.05, 4.69) is 30.5 Å². The zero-order valence-corrected chi connectivity index (χ0v) is 12.0. The van der Waals surface area contributed by atoms with E-state index in [1.807, 2.05) is 11.8 Å². The first-order valence-corrected chi connectivity index (χ1v) is 8.39. The number of hydrogen-bond acceptors (Lipinski definition) is 2. The summed E-state index contributed by atoms with van der Waals surface area (Å²) in [6.07, 6.45) is 9.22. The topological polar surface area (TPSA) is 26.0 Å². The molecule has 98 valence electrons. The molecule has 0 amide bonds. The minimum atomic E-state index is 0.234. The van der Waals surface area contributed by atoms with Crippen LogP contribution in [0.4, 0.5) is 0 Å². The zero-order valence-electron chi connectivity index (χ0n) is 11.1. The largest absolute Gasteiger partial charge is 0.324 e. The Morgan fingerprint density at radius 2 is 2.11 bits per heavy atom. The molecule has 0 spiro atoms. The predicted octanol–water partition coefficient (Wildman–Crippen LogP) is 4.23. The van der Waals surface area contributed by atoms with Crippen LogP contribution in [0.25, 0.3) is 0 Å². The molecule has 2 saturated carbocycles. The smallest absolute Gasteiger partial charge is 0.0308 e. The van der Waals surface area contributed by atoms with E-state index in [-0.39, 0.29) is 6.04 Å². The minimum Gasteiger partial charge on any atom is -0.324 e. The Hall–Kier alpha value is -0.470. The van der Waals surface area contributed by atoms with Crippen molar-refractivity contribution in [1.82, 2.24) is 0 Å². The molecule has 0 heterocycles. The van der Waals surface area contributed by atoms with Gasteiger partial charge >= 0.3 is 0 Å². The highest BCUT2D eigenvalue weighted by Crippen LogP contribution is 2.50. The van der Waals surface area contributed by atoms with Gasteiger partial charge in [0.1, 0.15) is 0 Å². The highest BCUT2D eigenvalue weighted by molar-refractivity contribution is 7.98. The first kappa shape index (κ1) is 12.6. The molecule has 18 heavy (non-hydrogen) atoms. The van der Waals surface area contributed by atoms with Crippen LogP contribution in [-0.2, 0) is 0 Å². The van der Waals surface area contributed by atoms with E-state index in [9.17, 15) is 0 Å². The number of rotatable bonds is 4. The Balaban J connectivity index is 1.69. The quantitative estimate of drug-likeness (QED) is 0.821. The average molecular weight is 261 g/mol. The number of thioether (sulfide) groups is 1. The van der Waals surface area contributed by atoms with Crippen molar-refractivity contribution in [2.45, 2.75) is 43.0 Å². The van der Waals surface area contributed by atoms with Crippen molar-refractivity contribution in [3.05, 3.63) is 29.8 Å². The summed E-state index contributed by atoms with van der Waals surface area (Å²) in [5.74, 6) is 2.92. The second kappa shape index (κ2) is 5.26. The van der Waals surface area contributed by atoms with Crippen molar-refractivity contribution in [2.75, 3.05) is 6.26 Å². The molecule has 2 aliphatic carbocycles. The maximum Gasteiger partial charge on any atom is 0.0308 e.